The Morgan fingerprint density at radius 1 is 1.35 bits per heavy atom. The molecule has 1 aromatic carbocycles. The number of nitrogens with one attached hydrogen (secondary N) is 1. The van der Waals surface area contributed by atoms with Gasteiger partial charge >= 0.3 is 6.03 Å². The summed E-state index contributed by atoms with van der Waals surface area (Å²) in [6, 6.07) is 1.85. The molecule has 1 saturated carbocycles. The van der Waals surface area contributed by atoms with Gasteiger partial charge in [0.1, 0.15) is 5.78 Å². The van der Waals surface area contributed by atoms with E-state index in [-0.39, 0.29) is 24.3 Å². The lowest BCUT2D eigenvalue weighted by Crippen LogP contribution is -2.69. The summed E-state index contributed by atoms with van der Waals surface area (Å²) in [5.74, 6) is -3.15. The molecule has 0 bridgehead atoms. The fourth-order valence-electron chi connectivity index (χ4n) is 3.72. The summed E-state index contributed by atoms with van der Waals surface area (Å²) in [5.41, 5.74) is -1.33. The van der Waals surface area contributed by atoms with Gasteiger partial charge in [-0.2, -0.15) is 0 Å². The highest BCUT2D eigenvalue weighted by Crippen LogP contribution is 2.44. The van der Waals surface area contributed by atoms with E-state index in [4.69, 9.17) is 0 Å². The van der Waals surface area contributed by atoms with E-state index in [1.165, 1.54) is 11.0 Å². The van der Waals surface area contributed by atoms with Crippen LogP contribution in [-0.4, -0.2) is 34.1 Å². The van der Waals surface area contributed by atoms with Crippen LogP contribution in [0, 0.1) is 17.6 Å². The molecule has 7 heteroatoms. The van der Waals surface area contributed by atoms with Crippen molar-refractivity contribution >= 4 is 11.8 Å². The van der Waals surface area contributed by atoms with Crippen LogP contribution < -0.4 is 5.32 Å². The van der Waals surface area contributed by atoms with Gasteiger partial charge in [-0.3, -0.25) is 9.69 Å². The summed E-state index contributed by atoms with van der Waals surface area (Å²) in [5, 5.41) is 13.7. The van der Waals surface area contributed by atoms with Gasteiger partial charge in [0, 0.05) is 13.0 Å². The highest BCUT2D eigenvalue weighted by Gasteiger charge is 2.56. The lowest BCUT2D eigenvalue weighted by atomic mass is 9.72. The maximum atomic E-state index is 13.5. The Bertz CT molecular complexity index is 665. The zero-order chi connectivity index (χ0) is 16.8. The van der Waals surface area contributed by atoms with Crippen molar-refractivity contribution in [2.45, 2.75) is 38.0 Å². The number of urea groups is 1. The molecule has 0 radical (unpaired) electrons. The van der Waals surface area contributed by atoms with Crippen molar-refractivity contribution in [3.05, 3.63) is 35.4 Å². The molecule has 3 rings (SSSR count). The van der Waals surface area contributed by atoms with Gasteiger partial charge in [-0.15, -0.1) is 0 Å². The number of carbonyl (C=O) groups is 2. The Balaban J connectivity index is 2.07. The minimum Gasteiger partial charge on any atom is -0.370 e. The molecular weight excluding hydrogens is 306 g/mol. The lowest BCUT2D eigenvalue weighted by Gasteiger charge is -2.52. The summed E-state index contributed by atoms with van der Waals surface area (Å²) < 4.78 is 26.7. The van der Waals surface area contributed by atoms with E-state index in [0.29, 0.717) is 12.8 Å². The summed E-state index contributed by atoms with van der Waals surface area (Å²) in [7, 11) is 0. The van der Waals surface area contributed by atoms with Crippen molar-refractivity contribution in [3.63, 3.8) is 0 Å². The topological polar surface area (TPSA) is 69.6 Å². The molecule has 2 fully saturated rings. The van der Waals surface area contributed by atoms with Gasteiger partial charge in [-0.25, -0.2) is 13.6 Å². The third-order valence-electron chi connectivity index (χ3n) is 4.76. The number of carbonyl (C=O) groups excluding carboxylic acids is 2. The van der Waals surface area contributed by atoms with Gasteiger partial charge in [0.2, 0.25) is 0 Å². The maximum Gasteiger partial charge on any atom is 0.320 e. The largest absolute Gasteiger partial charge is 0.370 e. The first-order valence-corrected chi connectivity index (χ1v) is 7.66. The predicted octanol–water partition coefficient (Wildman–Crippen LogP) is 2.11. The number of hydrogen-bond donors (Lipinski definition) is 2. The number of Topliss-reactive ketones (excluding diaryl/α,β-unsaturated/α-hetero) is 1. The molecule has 1 aliphatic carbocycles. The van der Waals surface area contributed by atoms with E-state index in [1.54, 1.807) is 6.92 Å². The minimum absolute atomic E-state index is 0.188. The molecule has 2 aliphatic rings. The van der Waals surface area contributed by atoms with Crippen molar-refractivity contribution < 1.29 is 23.5 Å². The Labute approximate surface area is 132 Å². The van der Waals surface area contributed by atoms with E-state index in [1.807, 2.05) is 0 Å². The van der Waals surface area contributed by atoms with Gasteiger partial charge in [0.15, 0.2) is 17.4 Å². The molecular formula is C16H18F2N2O3. The van der Waals surface area contributed by atoms with Crippen LogP contribution in [0.4, 0.5) is 13.6 Å². The molecule has 2 amide bonds. The number of nitrogens with zero attached hydrogens (tertiary/aromatic N) is 1. The average molecular weight is 324 g/mol. The minimum atomic E-state index is -1.60. The van der Waals surface area contributed by atoms with Crippen LogP contribution in [0.1, 0.15) is 37.8 Å². The van der Waals surface area contributed by atoms with Crippen LogP contribution >= 0.6 is 0 Å². The van der Waals surface area contributed by atoms with Crippen molar-refractivity contribution in [2.75, 3.05) is 6.54 Å². The van der Waals surface area contributed by atoms with Crippen molar-refractivity contribution in [3.8, 4) is 0 Å². The molecule has 0 aromatic heterocycles. The Hall–Kier alpha value is -2.02. The molecule has 3 atom stereocenters. The van der Waals surface area contributed by atoms with Crippen molar-refractivity contribution in [1.82, 2.24) is 10.2 Å². The third kappa shape index (κ3) is 2.39. The molecule has 23 heavy (non-hydrogen) atoms. The number of ketones is 1. The van der Waals surface area contributed by atoms with Gasteiger partial charge < -0.3 is 10.4 Å². The quantitative estimate of drug-likeness (QED) is 0.875. The smallest absolute Gasteiger partial charge is 0.320 e. The van der Waals surface area contributed by atoms with Gasteiger partial charge in [0.25, 0.3) is 0 Å². The van der Waals surface area contributed by atoms with E-state index < -0.39 is 35.4 Å². The van der Waals surface area contributed by atoms with E-state index in [9.17, 15) is 23.5 Å². The zero-order valence-corrected chi connectivity index (χ0v) is 12.7. The van der Waals surface area contributed by atoms with Crippen LogP contribution in [0.3, 0.4) is 0 Å². The standard InChI is InChI=1S/C16H18F2N2O3/c1-2-20-15(22)19-14(9-5-6-10(17)11(18)8-9)13-12(21)4-3-7-16(13,20)23/h5-6,8,13-14,23H,2-4,7H2,1H3,(H,19,22). The fraction of sp³-hybridized carbons (Fsp3) is 0.500. The second kappa shape index (κ2) is 5.56. The summed E-state index contributed by atoms with van der Waals surface area (Å²) in [6.07, 6.45) is 1.06. The SMILES string of the molecule is CCN1C(=O)NC(c2ccc(F)c(F)c2)C2C(=O)CCCC21O. The molecule has 2 N–H and O–H groups in total. The highest BCUT2D eigenvalue weighted by molar-refractivity contribution is 5.88. The lowest BCUT2D eigenvalue weighted by molar-refractivity contribution is -0.177. The van der Waals surface area contributed by atoms with Crippen LogP contribution in [0.2, 0.25) is 0 Å². The first-order valence-electron chi connectivity index (χ1n) is 7.66. The van der Waals surface area contributed by atoms with Crippen LogP contribution in [0.5, 0.6) is 0 Å². The van der Waals surface area contributed by atoms with E-state index in [0.717, 1.165) is 12.1 Å². The second-order valence-corrected chi connectivity index (χ2v) is 6.02. The third-order valence-corrected chi connectivity index (χ3v) is 4.76. The fourth-order valence-corrected chi connectivity index (χ4v) is 3.72. The summed E-state index contributed by atoms with van der Waals surface area (Å²) in [6.45, 7) is 1.96. The monoisotopic (exact) mass is 324 g/mol. The second-order valence-electron chi connectivity index (χ2n) is 6.02. The van der Waals surface area contributed by atoms with E-state index >= 15 is 0 Å². The normalized spacial score (nSPS) is 30.9. The molecule has 1 heterocycles. The summed E-state index contributed by atoms with van der Waals surface area (Å²) in [4.78, 5) is 26.0. The number of amides is 2. The molecule has 0 spiro atoms. The van der Waals surface area contributed by atoms with Crippen LogP contribution in [0.25, 0.3) is 0 Å². The number of rotatable bonds is 2. The Kier molecular flexibility index (Phi) is 3.83. The molecule has 124 valence electrons. The molecule has 3 unspecified atom stereocenters. The van der Waals surface area contributed by atoms with Crippen LogP contribution in [-0.2, 0) is 4.79 Å². The van der Waals surface area contributed by atoms with Crippen LogP contribution in [0.15, 0.2) is 18.2 Å². The molecule has 1 aliphatic heterocycles. The number of aliphatic hydroxyl groups is 1. The predicted molar refractivity (Wildman–Crippen MR) is 77.3 cm³/mol. The zero-order valence-electron chi connectivity index (χ0n) is 12.7. The van der Waals surface area contributed by atoms with Gasteiger partial charge in [-0.1, -0.05) is 6.07 Å². The van der Waals surface area contributed by atoms with E-state index in [2.05, 4.69) is 5.32 Å². The van der Waals surface area contributed by atoms with Crippen molar-refractivity contribution in [2.24, 2.45) is 5.92 Å². The molecule has 5 nitrogen and oxygen atoms in total. The molecule has 1 aromatic rings. The first-order chi connectivity index (χ1) is 10.9. The first kappa shape index (κ1) is 15.9. The van der Waals surface area contributed by atoms with Crippen molar-refractivity contribution in [1.29, 1.82) is 0 Å². The maximum absolute atomic E-state index is 13.5. The molecule has 1 saturated heterocycles. The van der Waals surface area contributed by atoms with Gasteiger partial charge in [0.05, 0.1) is 12.0 Å². The summed E-state index contributed by atoms with van der Waals surface area (Å²) >= 11 is 0. The van der Waals surface area contributed by atoms with Gasteiger partial charge in [-0.05, 0) is 37.5 Å². The average Bonchev–Trinajstić information content (AvgIpc) is 2.49. The number of benzene rings is 1. The highest BCUT2D eigenvalue weighted by atomic mass is 19.2. The number of halogens is 2. The Morgan fingerprint density at radius 2 is 2.09 bits per heavy atom. The number of hydrogen-bond acceptors (Lipinski definition) is 3. The Morgan fingerprint density at radius 3 is 2.74 bits per heavy atom. The number of fused-ring (bicyclic) bond motifs is 1.